The van der Waals surface area contributed by atoms with Crippen LogP contribution in [0.3, 0.4) is 0 Å². The molecule has 6 heteroatoms. The molecule has 0 atom stereocenters. The zero-order valence-electron chi connectivity index (χ0n) is 13.2. The number of aromatic nitrogens is 1. The number of hydrazone groups is 1. The first kappa shape index (κ1) is 16.1. The fourth-order valence-corrected chi connectivity index (χ4v) is 2.62. The highest BCUT2D eigenvalue weighted by atomic mass is 35.5. The van der Waals surface area contributed by atoms with Crippen molar-refractivity contribution in [1.29, 1.82) is 0 Å². The van der Waals surface area contributed by atoms with E-state index >= 15 is 0 Å². The van der Waals surface area contributed by atoms with E-state index in [9.17, 15) is 4.79 Å². The van der Waals surface area contributed by atoms with E-state index in [-0.39, 0.29) is 0 Å². The van der Waals surface area contributed by atoms with Crippen LogP contribution in [-0.2, 0) is 6.54 Å². The molecule has 0 radical (unpaired) electrons. The number of carbonyl (C=O) groups is 1. The van der Waals surface area contributed by atoms with Gasteiger partial charge in [0.2, 0.25) is 0 Å². The van der Waals surface area contributed by atoms with Crippen molar-refractivity contribution in [3.8, 4) is 0 Å². The maximum absolute atomic E-state index is 11.8. The molecule has 2 aromatic carbocycles. The predicted octanol–water partition coefficient (Wildman–Crippen LogP) is 4.47. The quantitative estimate of drug-likeness (QED) is 0.534. The number of nitrogens with zero attached hydrogens (tertiary/aromatic N) is 2. The van der Waals surface area contributed by atoms with Crippen molar-refractivity contribution in [3.05, 3.63) is 65.3 Å². The fraction of sp³-hybridized carbons (Fsp3) is 0.111. The van der Waals surface area contributed by atoms with Crippen molar-refractivity contribution in [1.82, 2.24) is 9.99 Å². The van der Waals surface area contributed by atoms with E-state index in [4.69, 9.17) is 11.6 Å². The Bertz CT molecular complexity index is 884. The number of benzene rings is 2. The van der Waals surface area contributed by atoms with Crippen LogP contribution in [-0.4, -0.2) is 16.8 Å². The highest BCUT2D eigenvalue weighted by Gasteiger charge is 2.05. The topological polar surface area (TPSA) is 58.4 Å². The van der Waals surface area contributed by atoms with Gasteiger partial charge in [-0.25, -0.2) is 10.2 Å². The Morgan fingerprint density at radius 3 is 2.71 bits per heavy atom. The summed E-state index contributed by atoms with van der Waals surface area (Å²) >= 11 is 5.81. The molecule has 1 aromatic heterocycles. The largest absolute Gasteiger partial charge is 0.347 e. The standard InChI is InChI=1S/C18H17ClN4O/c1-2-23-12-13(16-5-3-4-6-17(16)23)11-20-22-18(24)21-15-9-7-14(19)8-10-15/h3-12H,2H2,1H3,(H2,21,22,24)/b20-11-. The first-order valence-electron chi connectivity index (χ1n) is 7.61. The minimum Gasteiger partial charge on any atom is -0.347 e. The summed E-state index contributed by atoms with van der Waals surface area (Å²) in [7, 11) is 0. The summed E-state index contributed by atoms with van der Waals surface area (Å²) in [6, 6.07) is 14.6. The second kappa shape index (κ2) is 7.19. The van der Waals surface area contributed by atoms with Crippen LogP contribution >= 0.6 is 11.6 Å². The van der Waals surface area contributed by atoms with Crippen molar-refractivity contribution in [2.75, 3.05) is 5.32 Å². The van der Waals surface area contributed by atoms with Crippen molar-refractivity contribution in [2.24, 2.45) is 5.10 Å². The minimum atomic E-state index is -0.409. The van der Waals surface area contributed by atoms with Gasteiger partial charge < -0.3 is 9.88 Å². The number of carbonyl (C=O) groups excluding carboxylic acids is 1. The van der Waals surface area contributed by atoms with Crippen LogP contribution in [0.1, 0.15) is 12.5 Å². The van der Waals surface area contributed by atoms with Crippen LogP contribution in [0.15, 0.2) is 59.8 Å². The van der Waals surface area contributed by atoms with E-state index in [2.05, 4.69) is 33.4 Å². The molecule has 2 amide bonds. The Hall–Kier alpha value is -2.79. The lowest BCUT2D eigenvalue weighted by Crippen LogP contribution is -2.24. The van der Waals surface area contributed by atoms with Gasteiger partial charge in [-0.3, -0.25) is 0 Å². The van der Waals surface area contributed by atoms with Gasteiger partial charge in [-0.1, -0.05) is 29.8 Å². The third-order valence-corrected chi connectivity index (χ3v) is 3.88. The zero-order chi connectivity index (χ0) is 16.9. The van der Waals surface area contributed by atoms with Crippen LogP contribution in [0.5, 0.6) is 0 Å². The predicted molar refractivity (Wildman–Crippen MR) is 98.8 cm³/mol. The summed E-state index contributed by atoms with van der Waals surface area (Å²) in [4.78, 5) is 11.8. The van der Waals surface area contributed by atoms with E-state index in [0.717, 1.165) is 23.0 Å². The summed E-state index contributed by atoms with van der Waals surface area (Å²) in [5.74, 6) is 0. The lowest BCUT2D eigenvalue weighted by molar-refractivity contribution is 0.252. The molecule has 0 unspecified atom stereocenters. The van der Waals surface area contributed by atoms with Crippen LogP contribution in [0.4, 0.5) is 10.5 Å². The molecule has 5 nitrogen and oxygen atoms in total. The number of urea groups is 1. The van der Waals surface area contributed by atoms with E-state index < -0.39 is 6.03 Å². The normalized spacial score (nSPS) is 11.1. The Morgan fingerprint density at radius 2 is 1.96 bits per heavy atom. The Morgan fingerprint density at radius 1 is 1.21 bits per heavy atom. The Kier molecular flexibility index (Phi) is 4.82. The minimum absolute atomic E-state index is 0.409. The molecule has 0 saturated heterocycles. The lowest BCUT2D eigenvalue weighted by atomic mass is 10.2. The number of para-hydroxylation sites is 1. The van der Waals surface area contributed by atoms with Crippen molar-refractivity contribution >= 4 is 40.4 Å². The summed E-state index contributed by atoms with van der Waals surface area (Å²) in [6.07, 6.45) is 3.67. The van der Waals surface area contributed by atoms with E-state index in [1.54, 1.807) is 30.5 Å². The fourth-order valence-electron chi connectivity index (χ4n) is 2.49. The van der Waals surface area contributed by atoms with Crippen molar-refractivity contribution in [3.63, 3.8) is 0 Å². The molecule has 0 fully saturated rings. The summed E-state index contributed by atoms with van der Waals surface area (Å²) in [6.45, 7) is 2.96. The number of amides is 2. The van der Waals surface area contributed by atoms with Gasteiger partial charge in [0.25, 0.3) is 0 Å². The first-order valence-corrected chi connectivity index (χ1v) is 7.98. The van der Waals surface area contributed by atoms with Gasteiger partial charge in [0.15, 0.2) is 0 Å². The molecule has 24 heavy (non-hydrogen) atoms. The molecule has 0 bridgehead atoms. The molecule has 1 heterocycles. The van der Waals surface area contributed by atoms with Crippen molar-refractivity contribution < 1.29 is 4.79 Å². The van der Waals surface area contributed by atoms with E-state index in [1.807, 2.05) is 24.4 Å². The second-order valence-electron chi connectivity index (χ2n) is 5.22. The molecule has 122 valence electrons. The smallest absolute Gasteiger partial charge is 0.339 e. The number of hydrogen-bond acceptors (Lipinski definition) is 2. The number of rotatable bonds is 4. The third kappa shape index (κ3) is 3.58. The molecule has 3 aromatic rings. The number of anilines is 1. The third-order valence-electron chi connectivity index (χ3n) is 3.63. The maximum Gasteiger partial charge on any atom is 0.339 e. The molecule has 0 aliphatic carbocycles. The van der Waals surface area contributed by atoms with Crippen LogP contribution in [0.25, 0.3) is 10.9 Å². The average Bonchev–Trinajstić information content (AvgIpc) is 2.95. The molecule has 0 aliphatic heterocycles. The number of fused-ring (bicyclic) bond motifs is 1. The van der Waals surface area contributed by atoms with Gasteiger partial charge in [-0.15, -0.1) is 0 Å². The number of aryl methyl sites for hydroxylation is 1. The molecule has 3 rings (SSSR count). The number of halogens is 1. The lowest BCUT2D eigenvalue weighted by Gasteiger charge is -2.03. The number of nitrogens with one attached hydrogen (secondary N) is 2. The first-order chi connectivity index (χ1) is 11.7. The molecule has 0 saturated carbocycles. The molecular weight excluding hydrogens is 324 g/mol. The maximum atomic E-state index is 11.8. The van der Waals surface area contributed by atoms with Gasteiger partial charge in [-0.05, 0) is 37.3 Å². The summed E-state index contributed by atoms with van der Waals surface area (Å²) < 4.78 is 2.14. The molecular formula is C18H17ClN4O. The Labute approximate surface area is 144 Å². The second-order valence-corrected chi connectivity index (χ2v) is 5.66. The zero-order valence-corrected chi connectivity index (χ0v) is 13.9. The van der Waals surface area contributed by atoms with Crippen LogP contribution in [0, 0.1) is 0 Å². The van der Waals surface area contributed by atoms with Crippen LogP contribution < -0.4 is 10.7 Å². The van der Waals surface area contributed by atoms with Crippen molar-refractivity contribution in [2.45, 2.75) is 13.5 Å². The van der Waals surface area contributed by atoms with Gasteiger partial charge in [0.1, 0.15) is 0 Å². The molecule has 0 aliphatic rings. The highest BCUT2D eigenvalue weighted by Crippen LogP contribution is 2.19. The molecule has 2 N–H and O–H groups in total. The average molecular weight is 341 g/mol. The highest BCUT2D eigenvalue weighted by molar-refractivity contribution is 6.30. The summed E-state index contributed by atoms with van der Waals surface area (Å²) in [5, 5.41) is 8.42. The van der Waals surface area contributed by atoms with Gasteiger partial charge in [0.05, 0.1) is 6.21 Å². The monoisotopic (exact) mass is 340 g/mol. The van der Waals surface area contributed by atoms with E-state index in [0.29, 0.717) is 10.7 Å². The Balaban J connectivity index is 1.68. The van der Waals surface area contributed by atoms with Gasteiger partial charge >= 0.3 is 6.03 Å². The van der Waals surface area contributed by atoms with E-state index in [1.165, 1.54) is 0 Å². The molecule has 0 spiro atoms. The van der Waals surface area contributed by atoms with Gasteiger partial charge in [0, 0.05) is 39.9 Å². The SMILES string of the molecule is CCn1cc(/C=N\NC(=O)Nc2ccc(Cl)cc2)c2ccccc21. The number of hydrogen-bond donors (Lipinski definition) is 2. The van der Waals surface area contributed by atoms with Gasteiger partial charge in [-0.2, -0.15) is 5.10 Å². The summed E-state index contributed by atoms with van der Waals surface area (Å²) in [5.41, 5.74) is 5.21. The van der Waals surface area contributed by atoms with Crippen LogP contribution in [0.2, 0.25) is 5.02 Å².